The van der Waals surface area contributed by atoms with Crippen LogP contribution in [-0.4, -0.2) is 73.2 Å². The van der Waals surface area contributed by atoms with Gasteiger partial charge in [0.25, 0.3) is 0 Å². The van der Waals surface area contributed by atoms with Gasteiger partial charge in [-0.2, -0.15) is 0 Å². The topological polar surface area (TPSA) is 61.8 Å². The van der Waals surface area contributed by atoms with Gasteiger partial charge in [0.1, 0.15) is 13.2 Å². The molecule has 0 amide bonds. The Bertz CT molecular complexity index is 793. The number of aliphatic imine (C=N–C) groups is 1. The van der Waals surface area contributed by atoms with E-state index in [4.69, 9.17) is 23.7 Å². The molecule has 7 nitrogen and oxygen atoms in total. The predicted octanol–water partition coefficient (Wildman–Crippen LogP) is 3.32. The molecular formula is C23H30N2O5. The summed E-state index contributed by atoms with van der Waals surface area (Å²) in [5.41, 5.74) is 2.97. The zero-order chi connectivity index (χ0) is 21.0. The molecule has 0 atom stereocenters. The highest BCUT2D eigenvalue weighted by molar-refractivity contribution is 5.82. The summed E-state index contributed by atoms with van der Waals surface area (Å²) in [6.07, 6.45) is 1.84. The average molecular weight is 415 g/mol. The van der Waals surface area contributed by atoms with Crippen LogP contribution in [0.1, 0.15) is 5.56 Å². The van der Waals surface area contributed by atoms with E-state index in [0.717, 1.165) is 16.9 Å². The molecule has 2 aromatic rings. The van der Waals surface area contributed by atoms with Crippen LogP contribution < -0.4 is 14.4 Å². The quantitative estimate of drug-likeness (QED) is 0.718. The molecule has 0 bridgehead atoms. The lowest BCUT2D eigenvalue weighted by molar-refractivity contribution is 0.00708. The molecule has 30 heavy (non-hydrogen) atoms. The van der Waals surface area contributed by atoms with Crippen LogP contribution in [0, 0.1) is 0 Å². The van der Waals surface area contributed by atoms with Crippen molar-refractivity contribution in [1.82, 2.24) is 0 Å². The van der Waals surface area contributed by atoms with Crippen molar-refractivity contribution >= 4 is 17.6 Å². The number of ether oxygens (including phenoxy) is 5. The third kappa shape index (κ3) is 7.33. The second kappa shape index (κ2) is 12.2. The molecule has 3 rings (SSSR count). The lowest BCUT2D eigenvalue weighted by Gasteiger charge is -2.13. The summed E-state index contributed by atoms with van der Waals surface area (Å²) in [6.45, 7) is 3.99. The van der Waals surface area contributed by atoms with Crippen LogP contribution in [0.15, 0.2) is 47.5 Å². The van der Waals surface area contributed by atoms with Crippen molar-refractivity contribution < 1.29 is 23.7 Å². The van der Waals surface area contributed by atoms with Crippen LogP contribution >= 0.6 is 0 Å². The molecule has 1 heterocycles. The number of benzene rings is 2. The van der Waals surface area contributed by atoms with Gasteiger partial charge in [-0.1, -0.05) is 12.1 Å². The summed E-state index contributed by atoms with van der Waals surface area (Å²) in [6, 6.07) is 13.9. The van der Waals surface area contributed by atoms with Crippen molar-refractivity contribution in [3.63, 3.8) is 0 Å². The van der Waals surface area contributed by atoms with Crippen LogP contribution in [0.5, 0.6) is 11.5 Å². The second-order valence-corrected chi connectivity index (χ2v) is 6.91. The maximum absolute atomic E-state index is 5.89. The number of nitrogens with zero attached hydrogens (tertiary/aromatic N) is 2. The molecule has 0 saturated carbocycles. The van der Waals surface area contributed by atoms with Gasteiger partial charge < -0.3 is 28.6 Å². The molecule has 0 unspecified atom stereocenters. The van der Waals surface area contributed by atoms with Gasteiger partial charge in [0, 0.05) is 32.1 Å². The Morgan fingerprint density at radius 1 is 0.700 bits per heavy atom. The molecule has 0 fully saturated rings. The van der Waals surface area contributed by atoms with Crippen molar-refractivity contribution in [3.8, 4) is 11.5 Å². The molecule has 1 aliphatic rings. The minimum absolute atomic E-state index is 0.423. The highest BCUT2D eigenvalue weighted by Crippen LogP contribution is 2.32. The maximum Gasteiger partial charge on any atom is 0.163 e. The molecule has 0 aromatic heterocycles. The third-order valence-electron chi connectivity index (χ3n) is 4.41. The van der Waals surface area contributed by atoms with E-state index in [-0.39, 0.29) is 0 Å². The molecule has 0 N–H and O–H groups in total. The summed E-state index contributed by atoms with van der Waals surface area (Å²) < 4.78 is 28.2. The molecule has 7 heteroatoms. The van der Waals surface area contributed by atoms with Crippen molar-refractivity contribution in [1.29, 1.82) is 0 Å². The Kier molecular flexibility index (Phi) is 8.96. The van der Waals surface area contributed by atoms with Gasteiger partial charge in [0.2, 0.25) is 0 Å². The first-order valence-corrected chi connectivity index (χ1v) is 10.2. The first-order valence-electron chi connectivity index (χ1n) is 10.2. The number of rotatable bonds is 3. The Labute approximate surface area is 178 Å². The average Bonchev–Trinajstić information content (AvgIpc) is 2.77. The Balaban J connectivity index is 1.67. The highest BCUT2D eigenvalue weighted by Gasteiger charge is 2.08. The number of hydrogen-bond acceptors (Lipinski definition) is 7. The van der Waals surface area contributed by atoms with Crippen LogP contribution in [-0.2, 0) is 14.2 Å². The highest BCUT2D eigenvalue weighted by atomic mass is 16.6. The first-order chi connectivity index (χ1) is 14.7. The summed E-state index contributed by atoms with van der Waals surface area (Å²) in [7, 11) is 4.04. The number of anilines is 1. The largest absolute Gasteiger partial charge is 0.487 e. The smallest absolute Gasteiger partial charge is 0.163 e. The fourth-order valence-electron chi connectivity index (χ4n) is 2.78. The monoisotopic (exact) mass is 414 g/mol. The maximum atomic E-state index is 5.89. The van der Waals surface area contributed by atoms with Gasteiger partial charge >= 0.3 is 0 Å². The van der Waals surface area contributed by atoms with Crippen molar-refractivity contribution in [3.05, 3.63) is 48.0 Å². The SMILES string of the molecule is CN(C)c1ccc(C=Nc2ccc3c(c2)OCCOCCOCCOCCO3)cc1. The van der Waals surface area contributed by atoms with Gasteiger partial charge in [-0.05, 0) is 29.8 Å². The molecule has 162 valence electrons. The van der Waals surface area contributed by atoms with E-state index in [2.05, 4.69) is 22.0 Å². The fraction of sp³-hybridized carbons (Fsp3) is 0.435. The third-order valence-corrected chi connectivity index (χ3v) is 4.41. The van der Waals surface area contributed by atoms with Crippen LogP contribution in [0.2, 0.25) is 0 Å². The second-order valence-electron chi connectivity index (χ2n) is 6.91. The van der Waals surface area contributed by atoms with E-state index in [0.29, 0.717) is 64.4 Å². The fourth-order valence-corrected chi connectivity index (χ4v) is 2.78. The van der Waals surface area contributed by atoms with E-state index in [1.165, 1.54) is 0 Å². The summed E-state index contributed by atoms with van der Waals surface area (Å²) in [5.74, 6) is 1.31. The Hall–Kier alpha value is -2.61. The molecule has 2 aromatic carbocycles. The zero-order valence-corrected chi connectivity index (χ0v) is 17.7. The van der Waals surface area contributed by atoms with Crippen molar-refractivity contribution in [2.75, 3.05) is 71.9 Å². The van der Waals surface area contributed by atoms with Crippen LogP contribution in [0.25, 0.3) is 0 Å². The Morgan fingerprint density at radius 3 is 1.87 bits per heavy atom. The summed E-state index contributed by atoms with van der Waals surface area (Å²) in [5, 5.41) is 0. The number of hydrogen-bond donors (Lipinski definition) is 0. The van der Waals surface area contributed by atoms with Crippen molar-refractivity contribution in [2.45, 2.75) is 0 Å². The van der Waals surface area contributed by atoms with Gasteiger partial charge in [-0.15, -0.1) is 0 Å². The van der Waals surface area contributed by atoms with E-state index in [1.54, 1.807) is 0 Å². The van der Waals surface area contributed by atoms with E-state index < -0.39 is 0 Å². The molecule has 0 aliphatic carbocycles. The first kappa shape index (κ1) is 22.1. The molecule has 0 saturated heterocycles. The Morgan fingerprint density at radius 2 is 1.27 bits per heavy atom. The van der Waals surface area contributed by atoms with Gasteiger partial charge in [-0.25, -0.2) is 0 Å². The van der Waals surface area contributed by atoms with Gasteiger partial charge in [0.05, 0.1) is 45.3 Å². The standard InChI is InChI=1S/C23H30N2O5/c1-25(2)21-6-3-19(4-7-21)18-24-20-5-8-22-23(17-20)30-16-14-28-12-10-26-9-11-27-13-15-29-22/h3-8,17-18H,9-16H2,1-2H3. The molecular weight excluding hydrogens is 384 g/mol. The minimum atomic E-state index is 0.423. The van der Waals surface area contributed by atoms with E-state index >= 15 is 0 Å². The number of fused-ring (bicyclic) bond motifs is 1. The zero-order valence-electron chi connectivity index (χ0n) is 17.7. The summed E-state index contributed by atoms with van der Waals surface area (Å²) >= 11 is 0. The predicted molar refractivity (Wildman–Crippen MR) is 118 cm³/mol. The van der Waals surface area contributed by atoms with Gasteiger partial charge in [0.15, 0.2) is 11.5 Å². The van der Waals surface area contributed by atoms with Crippen LogP contribution in [0.4, 0.5) is 11.4 Å². The molecule has 0 spiro atoms. The van der Waals surface area contributed by atoms with E-state index in [1.807, 2.05) is 50.6 Å². The molecule has 0 radical (unpaired) electrons. The minimum Gasteiger partial charge on any atom is -0.487 e. The van der Waals surface area contributed by atoms with E-state index in [9.17, 15) is 0 Å². The van der Waals surface area contributed by atoms with Gasteiger partial charge in [-0.3, -0.25) is 4.99 Å². The normalized spacial score (nSPS) is 16.6. The van der Waals surface area contributed by atoms with Crippen LogP contribution in [0.3, 0.4) is 0 Å². The van der Waals surface area contributed by atoms with Crippen molar-refractivity contribution in [2.24, 2.45) is 4.99 Å². The summed E-state index contributed by atoms with van der Waals surface area (Å²) in [4.78, 5) is 6.65. The lowest BCUT2D eigenvalue weighted by Crippen LogP contribution is -2.13. The molecule has 1 aliphatic heterocycles. The lowest BCUT2D eigenvalue weighted by atomic mass is 10.2.